The van der Waals surface area contributed by atoms with Gasteiger partial charge in [-0.2, -0.15) is 0 Å². The van der Waals surface area contributed by atoms with Crippen LogP contribution in [-0.2, 0) is 0 Å². The summed E-state index contributed by atoms with van der Waals surface area (Å²) in [6.07, 6.45) is 2.33. The minimum atomic E-state index is 0.380. The molecule has 0 aliphatic carbocycles. The molecule has 2 N–H and O–H groups in total. The molecule has 2 atom stereocenters. The predicted molar refractivity (Wildman–Crippen MR) is 59.8 cm³/mol. The zero-order chi connectivity index (χ0) is 10.3. The van der Waals surface area contributed by atoms with Crippen molar-refractivity contribution in [2.45, 2.75) is 46.6 Å². The third-order valence-electron chi connectivity index (χ3n) is 3.05. The molecule has 0 aliphatic heterocycles. The van der Waals surface area contributed by atoms with E-state index in [1.807, 2.05) is 0 Å². The second-order valence-electron chi connectivity index (χ2n) is 3.86. The van der Waals surface area contributed by atoms with E-state index in [0.29, 0.717) is 12.0 Å². The molecule has 0 aliphatic rings. The molecule has 0 rings (SSSR count). The van der Waals surface area contributed by atoms with Crippen LogP contribution in [0.2, 0.25) is 0 Å². The summed E-state index contributed by atoms with van der Waals surface area (Å²) in [5.41, 5.74) is 6.06. The Bertz CT molecular complexity index is 111. The van der Waals surface area contributed by atoms with E-state index < -0.39 is 0 Å². The van der Waals surface area contributed by atoms with Crippen LogP contribution in [0.4, 0.5) is 0 Å². The Balaban J connectivity index is 3.61. The second-order valence-corrected chi connectivity index (χ2v) is 3.86. The first-order valence-electron chi connectivity index (χ1n) is 5.63. The van der Waals surface area contributed by atoms with Gasteiger partial charge in [0.25, 0.3) is 0 Å². The largest absolute Gasteiger partial charge is 0.327 e. The van der Waals surface area contributed by atoms with Crippen molar-refractivity contribution in [1.29, 1.82) is 0 Å². The molecule has 13 heavy (non-hydrogen) atoms. The van der Waals surface area contributed by atoms with Crippen molar-refractivity contribution in [2.24, 2.45) is 11.7 Å². The van der Waals surface area contributed by atoms with Gasteiger partial charge in [-0.15, -0.1) is 0 Å². The van der Waals surface area contributed by atoms with Crippen molar-refractivity contribution in [3.8, 4) is 0 Å². The van der Waals surface area contributed by atoms with Crippen molar-refractivity contribution in [2.75, 3.05) is 19.6 Å². The van der Waals surface area contributed by atoms with Crippen LogP contribution in [0.3, 0.4) is 0 Å². The Morgan fingerprint density at radius 2 is 1.69 bits per heavy atom. The van der Waals surface area contributed by atoms with Crippen molar-refractivity contribution in [1.82, 2.24) is 4.90 Å². The first kappa shape index (κ1) is 12.9. The van der Waals surface area contributed by atoms with Gasteiger partial charge >= 0.3 is 0 Å². The molecular formula is C11H26N2. The van der Waals surface area contributed by atoms with E-state index in [1.165, 1.54) is 6.42 Å². The number of hydrogen-bond donors (Lipinski definition) is 1. The molecule has 0 spiro atoms. The fourth-order valence-corrected chi connectivity index (χ4v) is 1.46. The van der Waals surface area contributed by atoms with Gasteiger partial charge in [0.1, 0.15) is 0 Å². The average molecular weight is 186 g/mol. The molecule has 0 saturated heterocycles. The van der Waals surface area contributed by atoms with Gasteiger partial charge in [-0.1, -0.05) is 34.1 Å². The molecule has 0 radical (unpaired) electrons. The van der Waals surface area contributed by atoms with E-state index in [2.05, 4.69) is 32.6 Å². The zero-order valence-electron chi connectivity index (χ0n) is 9.71. The molecule has 2 nitrogen and oxygen atoms in total. The molecule has 0 heterocycles. The van der Waals surface area contributed by atoms with E-state index in [-0.39, 0.29) is 0 Å². The Hall–Kier alpha value is -0.0800. The van der Waals surface area contributed by atoms with Crippen LogP contribution in [0.25, 0.3) is 0 Å². The quantitative estimate of drug-likeness (QED) is 0.659. The number of nitrogens with two attached hydrogens (primary N) is 1. The van der Waals surface area contributed by atoms with Crippen molar-refractivity contribution in [3.05, 3.63) is 0 Å². The lowest BCUT2D eigenvalue weighted by Gasteiger charge is -2.23. The highest BCUT2D eigenvalue weighted by Gasteiger charge is 2.11. The van der Waals surface area contributed by atoms with E-state index in [9.17, 15) is 0 Å². The zero-order valence-corrected chi connectivity index (χ0v) is 9.71. The molecule has 2 unspecified atom stereocenters. The monoisotopic (exact) mass is 186 g/mol. The van der Waals surface area contributed by atoms with Gasteiger partial charge in [0, 0.05) is 6.04 Å². The van der Waals surface area contributed by atoms with Gasteiger partial charge in [0.15, 0.2) is 0 Å². The summed E-state index contributed by atoms with van der Waals surface area (Å²) in [5, 5.41) is 0. The van der Waals surface area contributed by atoms with Gasteiger partial charge in [0.05, 0.1) is 0 Å². The summed E-state index contributed by atoms with van der Waals surface area (Å²) in [7, 11) is 0. The van der Waals surface area contributed by atoms with Crippen molar-refractivity contribution < 1.29 is 0 Å². The lowest BCUT2D eigenvalue weighted by atomic mass is 9.97. The summed E-state index contributed by atoms with van der Waals surface area (Å²) >= 11 is 0. The smallest absolute Gasteiger partial charge is 0.00765 e. The van der Waals surface area contributed by atoms with Crippen molar-refractivity contribution >= 4 is 0 Å². The maximum absolute atomic E-state index is 6.06. The fraction of sp³-hybridized carbons (Fsp3) is 1.00. The normalized spacial score (nSPS) is 16.2. The van der Waals surface area contributed by atoms with Gasteiger partial charge in [-0.3, -0.25) is 0 Å². The van der Waals surface area contributed by atoms with Gasteiger partial charge in [-0.25, -0.2) is 0 Å². The fourth-order valence-electron chi connectivity index (χ4n) is 1.46. The molecular weight excluding hydrogens is 160 g/mol. The highest BCUT2D eigenvalue weighted by atomic mass is 15.1. The first-order valence-corrected chi connectivity index (χ1v) is 5.63. The third kappa shape index (κ3) is 5.27. The summed E-state index contributed by atoms with van der Waals surface area (Å²) in [4.78, 5) is 2.43. The van der Waals surface area contributed by atoms with Crippen LogP contribution in [-0.4, -0.2) is 30.6 Å². The van der Waals surface area contributed by atoms with Crippen LogP contribution in [0.1, 0.15) is 40.5 Å². The molecule has 0 bridgehead atoms. The van der Waals surface area contributed by atoms with E-state index >= 15 is 0 Å². The van der Waals surface area contributed by atoms with Gasteiger partial charge in [-0.05, 0) is 32.0 Å². The van der Waals surface area contributed by atoms with Crippen LogP contribution in [0.5, 0.6) is 0 Å². The van der Waals surface area contributed by atoms with Gasteiger partial charge < -0.3 is 10.6 Å². The lowest BCUT2D eigenvalue weighted by molar-refractivity contribution is 0.274. The third-order valence-corrected chi connectivity index (χ3v) is 3.05. The molecule has 0 amide bonds. The number of rotatable bonds is 7. The molecule has 0 aromatic heterocycles. The molecule has 0 saturated carbocycles. The summed E-state index contributed by atoms with van der Waals surface area (Å²) in [6.45, 7) is 12.3. The van der Waals surface area contributed by atoms with E-state index in [4.69, 9.17) is 5.73 Å². The molecule has 0 aromatic carbocycles. The minimum absolute atomic E-state index is 0.380. The Kier molecular flexibility index (Phi) is 7.29. The molecule has 2 heteroatoms. The maximum atomic E-state index is 6.06. The topological polar surface area (TPSA) is 29.3 Å². The highest BCUT2D eigenvalue weighted by molar-refractivity contribution is 4.69. The summed E-state index contributed by atoms with van der Waals surface area (Å²) in [5.74, 6) is 0.663. The Morgan fingerprint density at radius 3 is 2.08 bits per heavy atom. The van der Waals surface area contributed by atoms with Crippen LogP contribution in [0.15, 0.2) is 0 Å². The summed E-state index contributed by atoms with van der Waals surface area (Å²) < 4.78 is 0. The standard InChI is InChI=1S/C11H26N2/c1-5-10(4)11(12)8-9-13(6-2)7-3/h10-11H,5-9,12H2,1-4H3. The van der Waals surface area contributed by atoms with Crippen LogP contribution < -0.4 is 5.73 Å². The SMILES string of the molecule is CCC(C)C(N)CCN(CC)CC. The second kappa shape index (κ2) is 7.34. The predicted octanol–water partition coefficient (Wildman–Crippen LogP) is 2.09. The minimum Gasteiger partial charge on any atom is -0.327 e. The van der Waals surface area contributed by atoms with E-state index in [0.717, 1.165) is 26.1 Å². The van der Waals surface area contributed by atoms with Crippen LogP contribution >= 0.6 is 0 Å². The number of hydrogen-bond acceptors (Lipinski definition) is 2. The van der Waals surface area contributed by atoms with Crippen LogP contribution in [0, 0.1) is 5.92 Å². The molecule has 0 fully saturated rings. The summed E-state index contributed by atoms with van der Waals surface area (Å²) in [6, 6.07) is 0.380. The van der Waals surface area contributed by atoms with Gasteiger partial charge in [0.2, 0.25) is 0 Å². The number of nitrogens with zero attached hydrogens (tertiary/aromatic N) is 1. The lowest BCUT2D eigenvalue weighted by Crippen LogP contribution is -2.34. The Labute approximate surface area is 83.5 Å². The van der Waals surface area contributed by atoms with E-state index in [1.54, 1.807) is 0 Å². The molecule has 0 aromatic rings. The average Bonchev–Trinajstić information content (AvgIpc) is 2.17. The Morgan fingerprint density at radius 1 is 1.15 bits per heavy atom. The first-order chi connectivity index (χ1) is 6.15. The van der Waals surface area contributed by atoms with Crippen molar-refractivity contribution in [3.63, 3.8) is 0 Å². The molecule has 80 valence electrons. The highest BCUT2D eigenvalue weighted by Crippen LogP contribution is 2.08. The maximum Gasteiger partial charge on any atom is 0.00765 e.